The van der Waals surface area contributed by atoms with E-state index >= 15 is 0 Å². The second-order valence-corrected chi connectivity index (χ2v) is 32.3. The van der Waals surface area contributed by atoms with Gasteiger partial charge in [-0.05, 0) is 141 Å². The fourth-order valence-corrected chi connectivity index (χ4v) is 12.3. The Morgan fingerprint density at radius 1 is 0.153 bits per heavy atom. The number of carbonyl (C=O) groups is 10. The summed E-state index contributed by atoms with van der Waals surface area (Å²) in [7, 11) is 16.3. The third kappa shape index (κ3) is 72.2. The second kappa shape index (κ2) is 85.3. The molecule has 0 rings (SSSR count). The average Bonchev–Trinajstić information content (AvgIpc) is 0.845. The molecule has 0 saturated carbocycles. The molecule has 0 unspecified atom stereocenters. The Hall–Kier alpha value is -5.78. The van der Waals surface area contributed by atoms with Gasteiger partial charge in [-0.1, -0.05) is 78.1 Å². The van der Waals surface area contributed by atoms with E-state index in [0.29, 0.717) is 143 Å². The van der Waals surface area contributed by atoms with Crippen LogP contribution in [0, 0.1) is 21.7 Å². The van der Waals surface area contributed by atoms with Crippen molar-refractivity contribution in [2.45, 2.75) is 284 Å². The topological polar surface area (TPSA) is 374 Å². The number of hydrogen-bond donors (Lipinski definition) is 0. The second-order valence-electron chi connectivity index (χ2n) is 32.3. The zero-order valence-corrected chi connectivity index (χ0v) is 78.7. The van der Waals surface area contributed by atoms with Crippen molar-refractivity contribution in [3.63, 3.8) is 0 Å². The number of carbonyl (C=O) groups excluding carboxylic acids is 10. The summed E-state index contributed by atoms with van der Waals surface area (Å²) in [6, 6.07) is 0. The molecule has 0 aromatic heterocycles. The average molecular weight is 1790 g/mol. The highest BCUT2D eigenvalue weighted by Gasteiger charge is 2.42. The molecule has 0 heterocycles. The highest BCUT2D eigenvalue weighted by molar-refractivity contribution is 5.73. The van der Waals surface area contributed by atoms with Crippen LogP contribution >= 0.6 is 0 Å². The van der Waals surface area contributed by atoms with Crippen LogP contribution in [0.25, 0.3) is 0 Å². The van der Waals surface area contributed by atoms with Crippen molar-refractivity contribution in [1.29, 1.82) is 0 Å². The van der Waals surface area contributed by atoms with E-state index in [0.717, 1.165) is 128 Å². The molecule has 0 atom stereocenters. The van der Waals surface area contributed by atoms with Gasteiger partial charge in [-0.25, -0.2) is 0 Å². The highest BCUT2D eigenvalue weighted by atomic mass is 16.6. The van der Waals surface area contributed by atoms with Gasteiger partial charge in [-0.2, -0.15) is 0 Å². The summed E-state index contributed by atoms with van der Waals surface area (Å²) in [5.74, 6) is -4.33. The molecule has 0 aromatic rings. The third-order valence-corrected chi connectivity index (χ3v) is 20.8. The normalized spacial score (nSPS) is 11.6. The van der Waals surface area contributed by atoms with Crippen molar-refractivity contribution in [3.8, 4) is 0 Å². The highest BCUT2D eigenvalue weighted by Crippen LogP contribution is 2.32. The third-order valence-electron chi connectivity index (χ3n) is 20.8. The molecule has 728 valence electrons. The lowest BCUT2D eigenvalue weighted by Gasteiger charge is -2.35. The molecular formula is C92H168O32. The first-order chi connectivity index (χ1) is 60.1. The summed E-state index contributed by atoms with van der Waals surface area (Å²) < 4.78 is 122. The van der Waals surface area contributed by atoms with Gasteiger partial charge in [0.15, 0.2) is 0 Å². The molecule has 0 amide bonds. The van der Waals surface area contributed by atoms with E-state index in [1.54, 1.807) is 71.1 Å². The zero-order chi connectivity index (χ0) is 92.0. The maximum atomic E-state index is 13.2. The summed E-state index contributed by atoms with van der Waals surface area (Å²) in [5, 5.41) is 0. The molecule has 0 N–H and O–H groups in total. The minimum absolute atomic E-state index is 0.0107. The molecule has 0 aromatic carbocycles. The number of esters is 10. The van der Waals surface area contributed by atoms with E-state index in [4.69, 9.17) is 104 Å². The van der Waals surface area contributed by atoms with E-state index < -0.39 is 57.5 Å². The summed E-state index contributed by atoms with van der Waals surface area (Å²) in [4.78, 5) is 130. The lowest BCUT2D eigenvalue weighted by molar-refractivity contribution is -0.176. The Morgan fingerprint density at radius 3 is 0.379 bits per heavy atom. The molecule has 0 radical (unpaired) electrons. The van der Waals surface area contributed by atoms with Crippen molar-refractivity contribution < 1.29 is 152 Å². The van der Waals surface area contributed by atoms with Gasteiger partial charge in [-0.15, -0.1) is 0 Å². The maximum absolute atomic E-state index is 13.2. The lowest BCUT2D eigenvalue weighted by Crippen LogP contribution is -2.47. The minimum atomic E-state index is -1.43. The van der Waals surface area contributed by atoms with E-state index in [2.05, 4.69) is 0 Å². The molecule has 0 aliphatic heterocycles. The van der Waals surface area contributed by atoms with Crippen LogP contribution < -0.4 is 0 Å². The van der Waals surface area contributed by atoms with Crippen molar-refractivity contribution in [1.82, 2.24) is 0 Å². The van der Waals surface area contributed by atoms with Gasteiger partial charge in [0.2, 0.25) is 0 Å². The standard InChI is InChI=1S/C52H94O19.C40H74O13/c1-59-31-19-7-13-25-45(53)66-39-51(40-67-46(54)26-14-8-20-32-60-2,41-68-47(55)27-15-9-21-33-61-3)37-65-38-52(42-69-48(56)28-16-10-22-34-62-4,43-70-49(57)29-17-11-23-35-63-5)44-71-50(58)30-18-12-24-36-64-6;1-7-39(31-50-35(41)21-13-9-17-25-45-3,32-51-36(42)22-14-10-18-26-46-4)29-49-30-40(8-2,33-52-37(43)23-15-11-19-27-47-5)34-53-38(44)24-16-12-20-28-48-6/h7-44H2,1-6H3;7-34H2,1-6H3. The van der Waals surface area contributed by atoms with Crippen LogP contribution in [-0.4, -0.2) is 289 Å². The van der Waals surface area contributed by atoms with Crippen LogP contribution in [0.1, 0.15) is 284 Å². The first-order valence-electron chi connectivity index (χ1n) is 45.7. The van der Waals surface area contributed by atoms with Gasteiger partial charge in [0.05, 0.1) is 48.1 Å². The minimum Gasteiger partial charge on any atom is -0.465 e. The first kappa shape index (κ1) is 120. The molecule has 0 bridgehead atoms. The number of methoxy groups -OCH3 is 10. The number of rotatable bonds is 90. The molecule has 32 nitrogen and oxygen atoms in total. The number of unbranched alkanes of at least 4 members (excludes halogenated alkanes) is 20. The van der Waals surface area contributed by atoms with E-state index in [1.807, 2.05) is 13.8 Å². The van der Waals surface area contributed by atoms with Crippen LogP contribution in [0.15, 0.2) is 0 Å². The first-order valence-corrected chi connectivity index (χ1v) is 45.7. The molecule has 32 heteroatoms. The van der Waals surface area contributed by atoms with Crippen molar-refractivity contribution in [2.24, 2.45) is 21.7 Å². The zero-order valence-electron chi connectivity index (χ0n) is 78.7. The number of hydrogen-bond acceptors (Lipinski definition) is 32. The Balaban J connectivity index is 0. The fourth-order valence-electron chi connectivity index (χ4n) is 12.3. The molecule has 0 spiro atoms. The Bertz CT molecular complexity index is 2230. The van der Waals surface area contributed by atoms with Crippen LogP contribution in [0.3, 0.4) is 0 Å². The van der Waals surface area contributed by atoms with Crippen molar-refractivity contribution in [2.75, 3.05) is 230 Å². The fraction of sp³-hybridized carbons (Fsp3) is 0.891. The van der Waals surface area contributed by atoms with Crippen LogP contribution in [-0.2, 0) is 152 Å². The molecule has 0 aliphatic rings. The van der Waals surface area contributed by atoms with Gasteiger partial charge in [0, 0.05) is 201 Å². The number of ether oxygens (including phenoxy) is 22. The van der Waals surface area contributed by atoms with E-state index in [1.165, 1.54) is 0 Å². The van der Waals surface area contributed by atoms with Crippen molar-refractivity contribution in [3.05, 3.63) is 0 Å². The van der Waals surface area contributed by atoms with Crippen LogP contribution in [0.5, 0.6) is 0 Å². The monoisotopic (exact) mass is 1790 g/mol. The van der Waals surface area contributed by atoms with Crippen LogP contribution in [0.2, 0.25) is 0 Å². The largest absolute Gasteiger partial charge is 0.465 e. The predicted molar refractivity (Wildman–Crippen MR) is 465 cm³/mol. The van der Waals surface area contributed by atoms with Gasteiger partial charge in [-0.3, -0.25) is 47.9 Å². The Morgan fingerprint density at radius 2 is 0.266 bits per heavy atom. The Labute approximate surface area is 743 Å². The molecule has 0 fully saturated rings. The molecule has 0 saturated heterocycles. The van der Waals surface area contributed by atoms with Gasteiger partial charge < -0.3 is 104 Å². The Kier molecular flexibility index (Phi) is 82.8. The molecule has 0 aliphatic carbocycles. The summed E-state index contributed by atoms with van der Waals surface area (Å²) in [6.45, 7) is 7.31. The molecule has 124 heavy (non-hydrogen) atoms. The summed E-state index contributed by atoms with van der Waals surface area (Å²) in [5.41, 5.74) is -4.47. The quantitative estimate of drug-likeness (QED) is 0.0310. The van der Waals surface area contributed by atoms with Gasteiger partial charge >= 0.3 is 59.7 Å². The SMILES string of the molecule is CCC(COCC(CC)(COC(=O)CCCCCOC)COC(=O)CCCCCOC)(COC(=O)CCCCCOC)COC(=O)CCCCCOC.COCCCCCC(=O)OCC(COCC(COC(=O)CCCCCOC)(COC(=O)CCCCCOC)COC(=O)CCCCCOC)(COC(=O)CCCCCOC)COC(=O)CCCCCOC. The molecular weight excluding hydrogens is 1620 g/mol. The van der Waals surface area contributed by atoms with Crippen molar-refractivity contribution >= 4 is 59.7 Å². The predicted octanol–water partition coefficient (Wildman–Crippen LogP) is 14.3. The van der Waals surface area contributed by atoms with E-state index in [9.17, 15) is 47.9 Å². The summed E-state index contributed by atoms with van der Waals surface area (Å²) >= 11 is 0. The van der Waals surface area contributed by atoms with Crippen LogP contribution in [0.4, 0.5) is 0 Å². The lowest BCUT2D eigenvalue weighted by atomic mass is 9.86. The smallest absolute Gasteiger partial charge is 0.305 e. The van der Waals surface area contributed by atoms with Gasteiger partial charge in [0.25, 0.3) is 0 Å². The van der Waals surface area contributed by atoms with E-state index in [-0.39, 0.29) is 181 Å². The maximum Gasteiger partial charge on any atom is 0.305 e. The summed E-state index contributed by atoms with van der Waals surface area (Å²) in [6.07, 6.45) is 24.7. The van der Waals surface area contributed by atoms with Gasteiger partial charge in [0.1, 0.15) is 66.1 Å².